The van der Waals surface area contributed by atoms with Crippen molar-refractivity contribution >= 4 is 18.4 Å². The SMILES string of the molecule is COc1ccc(SN(CCCNC=O)OC2CCOCC2)cc1. The zero-order chi connectivity index (χ0) is 16.3. The van der Waals surface area contributed by atoms with Gasteiger partial charge in [-0.2, -0.15) is 0 Å². The fraction of sp³-hybridized carbons (Fsp3) is 0.562. The number of carbonyl (C=O) groups excluding carboxylic acids is 1. The molecule has 1 saturated heterocycles. The Morgan fingerprint density at radius 1 is 1.35 bits per heavy atom. The highest BCUT2D eigenvalue weighted by molar-refractivity contribution is 7.96. The van der Waals surface area contributed by atoms with Gasteiger partial charge in [0.05, 0.1) is 13.2 Å². The number of carbonyl (C=O) groups is 1. The van der Waals surface area contributed by atoms with Crippen LogP contribution in [0.2, 0.25) is 0 Å². The molecular formula is C16H24N2O4S. The van der Waals surface area contributed by atoms with E-state index in [-0.39, 0.29) is 6.10 Å². The highest BCUT2D eigenvalue weighted by Gasteiger charge is 2.19. The fourth-order valence-electron chi connectivity index (χ4n) is 2.19. The third kappa shape index (κ3) is 6.78. The van der Waals surface area contributed by atoms with Crippen LogP contribution in [0.25, 0.3) is 0 Å². The van der Waals surface area contributed by atoms with Crippen molar-refractivity contribution in [3.05, 3.63) is 24.3 Å². The maximum absolute atomic E-state index is 10.3. The number of rotatable bonds is 10. The molecule has 1 fully saturated rings. The predicted octanol–water partition coefficient (Wildman–Crippen LogP) is 2.25. The van der Waals surface area contributed by atoms with E-state index in [0.717, 1.165) is 56.1 Å². The van der Waals surface area contributed by atoms with Crippen molar-refractivity contribution in [1.82, 2.24) is 9.79 Å². The lowest BCUT2D eigenvalue weighted by atomic mass is 10.2. The topological polar surface area (TPSA) is 60.0 Å². The van der Waals surface area contributed by atoms with Crippen molar-refractivity contribution in [1.29, 1.82) is 0 Å². The molecule has 1 aromatic carbocycles. The first-order valence-electron chi connectivity index (χ1n) is 7.83. The largest absolute Gasteiger partial charge is 0.497 e. The molecule has 2 rings (SSSR count). The minimum Gasteiger partial charge on any atom is -0.497 e. The number of benzene rings is 1. The quantitative estimate of drug-likeness (QED) is 0.305. The minimum atomic E-state index is 0.188. The van der Waals surface area contributed by atoms with Crippen molar-refractivity contribution in [3.63, 3.8) is 0 Å². The monoisotopic (exact) mass is 340 g/mol. The molecule has 0 bridgehead atoms. The standard InChI is InChI=1S/C16H24N2O4S/c1-20-14-3-5-16(6-4-14)23-18(10-2-9-17-13-19)22-15-7-11-21-12-8-15/h3-6,13,15H,2,7-12H2,1H3,(H,17,19). The van der Waals surface area contributed by atoms with Gasteiger partial charge in [-0.1, -0.05) is 0 Å². The number of amides is 1. The van der Waals surface area contributed by atoms with Gasteiger partial charge in [-0.05, 0) is 55.5 Å². The van der Waals surface area contributed by atoms with Gasteiger partial charge < -0.3 is 14.8 Å². The number of hydrogen-bond donors (Lipinski definition) is 1. The average molecular weight is 340 g/mol. The van der Waals surface area contributed by atoms with Crippen LogP contribution in [-0.4, -0.2) is 50.4 Å². The maximum Gasteiger partial charge on any atom is 0.207 e. The number of nitrogens with zero attached hydrogens (tertiary/aromatic N) is 1. The van der Waals surface area contributed by atoms with Crippen LogP contribution < -0.4 is 10.1 Å². The van der Waals surface area contributed by atoms with E-state index in [4.69, 9.17) is 14.3 Å². The lowest BCUT2D eigenvalue weighted by molar-refractivity contribution is -0.153. The summed E-state index contributed by atoms with van der Waals surface area (Å²) in [5.74, 6) is 0.835. The van der Waals surface area contributed by atoms with E-state index in [1.165, 1.54) is 0 Å². The van der Waals surface area contributed by atoms with Crippen molar-refractivity contribution in [2.24, 2.45) is 0 Å². The Kier molecular flexibility index (Phi) is 8.24. The van der Waals surface area contributed by atoms with Gasteiger partial charge >= 0.3 is 0 Å². The molecule has 1 aromatic rings. The van der Waals surface area contributed by atoms with Gasteiger partial charge in [-0.25, -0.2) is 0 Å². The Morgan fingerprint density at radius 2 is 2.09 bits per heavy atom. The van der Waals surface area contributed by atoms with Gasteiger partial charge in [0.1, 0.15) is 5.75 Å². The van der Waals surface area contributed by atoms with Gasteiger partial charge in [0, 0.05) is 31.2 Å². The van der Waals surface area contributed by atoms with Crippen LogP contribution in [0.4, 0.5) is 0 Å². The first kappa shape index (κ1) is 18.1. The third-order valence-corrected chi connectivity index (χ3v) is 4.40. The van der Waals surface area contributed by atoms with Crippen LogP contribution in [0, 0.1) is 0 Å². The van der Waals surface area contributed by atoms with Crippen LogP contribution in [-0.2, 0) is 14.4 Å². The summed E-state index contributed by atoms with van der Waals surface area (Å²) in [6, 6.07) is 7.88. The lowest BCUT2D eigenvalue weighted by Gasteiger charge is -2.28. The molecule has 1 N–H and O–H groups in total. The van der Waals surface area contributed by atoms with Crippen LogP contribution in [0.1, 0.15) is 19.3 Å². The van der Waals surface area contributed by atoms with E-state index in [1.807, 2.05) is 28.7 Å². The van der Waals surface area contributed by atoms with Crippen molar-refractivity contribution in [2.75, 3.05) is 33.4 Å². The van der Waals surface area contributed by atoms with E-state index in [2.05, 4.69) is 5.32 Å². The molecule has 128 valence electrons. The van der Waals surface area contributed by atoms with Gasteiger partial charge in [0.2, 0.25) is 6.41 Å². The van der Waals surface area contributed by atoms with Gasteiger partial charge in [0.15, 0.2) is 0 Å². The number of hydrogen-bond acceptors (Lipinski definition) is 6. The molecule has 1 aliphatic rings. The second-order valence-corrected chi connectivity index (χ2v) is 6.23. The number of hydroxylamine groups is 1. The van der Waals surface area contributed by atoms with Gasteiger partial charge in [-0.3, -0.25) is 9.63 Å². The summed E-state index contributed by atoms with van der Waals surface area (Å²) in [6.07, 6.45) is 3.55. The molecule has 6 nitrogen and oxygen atoms in total. The Bertz CT molecular complexity index is 452. The van der Waals surface area contributed by atoms with Crippen molar-refractivity contribution in [3.8, 4) is 5.75 Å². The molecular weight excluding hydrogens is 316 g/mol. The molecule has 0 unspecified atom stereocenters. The van der Waals surface area contributed by atoms with E-state index in [0.29, 0.717) is 6.54 Å². The van der Waals surface area contributed by atoms with Crippen LogP contribution >= 0.6 is 11.9 Å². The van der Waals surface area contributed by atoms with E-state index >= 15 is 0 Å². The Morgan fingerprint density at radius 3 is 2.74 bits per heavy atom. The fourth-order valence-corrected chi connectivity index (χ4v) is 3.07. The molecule has 1 amide bonds. The Labute approximate surface area is 141 Å². The second-order valence-electron chi connectivity index (χ2n) is 5.17. The molecule has 0 aliphatic carbocycles. The van der Waals surface area contributed by atoms with E-state index in [1.54, 1.807) is 19.1 Å². The minimum absolute atomic E-state index is 0.188. The number of methoxy groups -OCH3 is 1. The number of ether oxygens (including phenoxy) is 2. The average Bonchev–Trinajstić information content (AvgIpc) is 2.60. The Balaban J connectivity index is 1.88. The summed E-state index contributed by atoms with van der Waals surface area (Å²) in [7, 11) is 1.66. The highest BCUT2D eigenvalue weighted by atomic mass is 32.2. The smallest absolute Gasteiger partial charge is 0.207 e. The van der Waals surface area contributed by atoms with Gasteiger partial charge in [-0.15, -0.1) is 4.47 Å². The maximum atomic E-state index is 10.3. The van der Waals surface area contributed by atoms with Crippen LogP contribution in [0.15, 0.2) is 29.2 Å². The summed E-state index contributed by atoms with van der Waals surface area (Å²) in [5, 5.41) is 2.68. The Hall–Kier alpha value is -1.28. The molecule has 0 spiro atoms. The molecule has 23 heavy (non-hydrogen) atoms. The van der Waals surface area contributed by atoms with E-state index < -0.39 is 0 Å². The molecule has 0 aromatic heterocycles. The van der Waals surface area contributed by atoms with Crippen LogP contribution in [0.5, 0.6) is 5.75 Å². The van der Waals surface area contributed by atoms with Crippen LogP contribution in [0.3, 0.4) is 0 Å². The first-order valence-corrected chi connectivity index (χ1v) is 8.60. The summed E-state index contributed by atoms with van der Waals surface area (Å²) in [4.78, 5) is 17.5. The normalized spacial score (nSPS) is 15.6. The molecule has 1 heterocycles. The van der Waals surface area contributed by atoms with Crippen molar-refractivity contribution in [2.45, 2.75) is 30.3 Å². The van der Waals surface area contributed by atoms with Crippen molar-refractivity contribution < 1.29 is 19.1 Å². The summed E-state index contributed by atoms with van der Waals surface area (Å²) < 4.78 is 12.5. The molecule has 0 saturated carbocycles. The highest BCUT2D eigenvalue weighted by Crippen LogP contribution is 2.27. The summed E-state index contributed by atoms with van der Waals surface area (Å²) >= 11 is 1.56. The molecule has 0 radical (unpaired) electrons. The zero-order valence-corrected chi connectivity index (χ0v) is 14.2. The predicted molar refractivity (Wildman–Crippen MR) is 89.2 cm³/mol. The molecule has 0 atom stereocenters. The summed E-state index contributed by atoms with van der Waals surface area (Å²) in [6.45, 7) is 2.87. The summed E-state index contributed by atoms with van der Waals surface area (Å²) in [5.41, 5.74) is 0. The first-order chi connectivity index (χ1) is 11.3. The molecule has 7 heteroatoms. The third-order valence-electron chi connectivity index (χ3n) is 3.45. The lowest BCUT2D eigenvalue weighted by Crippen LogP contribution is -2.31. The zero-order valence-electron chi connectivity index (χ0n) is 13.4. The number of nitrogens with one attached hydrogen (secondary N) is 1. The van der Waals surface area contributed by atoms with Gasteiger partial charge in [0.25, 0.3) is 0 Å². The second kappa shape index (κ2) is 10.5. The molecule has 1 aliphatic heterocycles. The van der Waals surface area contributed by atoms with E-state index in [9.17, 15) is 4.79 Å².